The second-order valence-electron chi connectivity index (χ2n) is 3.13. The van der Waals surface area contributed by atoms with Gasteiger partial charge in [-0.2, -0.15) is 0 Å². The van der Waals surface area contributed by atoms with E-state index in [0.717, 1.165) is 0 Å². The molecular formula is C10H11NO4. The smallest absolute Gasteiger partial charge is 0.318 e. The zero-order valence-electron chi connectivity index (χ0n) is 7.88. The lowest BCUT2D eigenvalue weighted by atomic mass is 9.98. The topological polar surface area (TPSA) is 101 Å². The third-order valence-corrected chi connectivity index (χ3v) is 2.08. The van der Waals surface area contributed by atoms with Gasteiger partial charge in [0.25, 0.3) is 0 Å². The highest BCUT2D eigenvalue weighted by Gasteiger charge is 2.26. The molecule has 0 atom stereocenters. The first-order valence-corrected chi connectivity index (χ1v) is 4.31. The predicted octanol–water partition coefficient (Wildman–Crippen LogP) is 0.597. The zero-order valence-corrected chi connectivity index (χ0v) is 7.88. The van der Waals surface area contributed by atoms with Crippen molar-refractivity contribution in [3.05, 3.63) is 29.8 Å². The number of carboxylic acid groups (broad SMARTS) is 2. The fraction of sp³-hybridized carbons (Fsp3) is 0.200. The van der Waals surface area contributed by atoms with E-state index in [9.17, 15) is 9.59 Å². The quantitative estimate of drug-likeness (QED) is 0.498. The van der Waals surface area contributed by atoms with Crippen LogP contribution in [-0.2, 0) is 16.0 Å². The molecule has 1 rings (SSSR count). The van der Waals surface area contributed by atoms with Crippen molar-refractivity contribution in [2.75, 3.05) is 5.73 Å². The Hall–Kier alpha value is -2.04. The zero-order chi connectivity index (χ0) is 11.4. The first-order chi connectivity index (χ1) is 7.02. The summed E-state index contributed by atoms with van der Waals surface area (Å²) in [6.07, 6.45) is -0.0999. The fourth-order valence-electron chi connectivity index (χ4n) is 1.22. The molecule has 0 amide bonds. The maximum Gasteiger partial charge on any atom is 0.318 e. The van der Waals surface area contributed by atoms with Gasteiger partial charge >= 0.3 is 11.9 Å². The van der Waals surface area contributed by atoms with Gasteiger partial charge < -0.3 is 15.9 Å². The number of hydrogen-bond donors (Lipinski definition) is 3. The Kier molecular flexibility index (Phi) is 3.28. The second-order valence-corrected chi connectivity index (χ2v) is 3.13. The highest BCUT2D eigenvalue weighted by Crippen LogP contribution is 2.16. The molecule has 1 aromatic rings. The molecule has 0 aliphatic heterocycles. The molecule has 0 bridgehead atoms. The standard InChI is InChI=1S/C10H11NO4/c11-8-4-2-1-3-6(8)5-7(9(12)13)10(14)15/h1-4,7H,5,11H2,(H,12,13)(H,14,15). The lowest BCUT2D eigenvalue weighted by molar-refractivity contribution is -0.154. The van der Waals surface area contributed by atoms with Crippen LogP contribution in [-0.4, -0.2) is 22.2 Å². The Balaban J connectivity index is 2.88. The Bertz CT molecular complexity index is 375. The maximum absolute atomic E-state index is 10.6. The summed E-state index contributed by atoms with van der Waals surface area (Å²) in [4.78, 5) is 21.3. The molecular weight excluding hydrogens is 198 g/mol. The van der Waals surface area contributed by atoms with Crippen molar-refractivity contribution >= 4 is 17.6 Å². The van der Waals surface area contributed by atoms with Crippen LogP contribution in [0.2, 0.25) is 0 Å². The van der Waals surface area contributed by atoms with E-state index >= 15 is 0 Å². The summed E-state index contributed by atoms with van der Waals surface area (Å²) in [5, 5.41) is 17.3. The van der Waals surface area contributed by atoms with Gasteiger partial charge in [-0.15, -0.1) is 0 Å². The molecule has 0 heterocycles. The van der Waals surface area contributed by atoms with Crippen LogP contribution >= 0.6 is 0 Å². The van der Waals surface area contributed by atoms with E-state index in [1.807, 2.05) is 0 Å². The molecule has 0 saturated carbocycles. The Labute approximate surface area is 86.1 Å². The van der Waals surface area contributed by atoms with Crippen LogP contribution in [0.5, 0.6) is 0 Å². The van der Waals surface area contributed by atoms with E-state index in [0.29, 0.717) is 11.3 Å². The van der Waals surface area contributed by atoms with Gasteiger partial charge in [-0.3, -0.25) is 9.59 Å². The summed E-state index contributed by atoms with van der Waals surface area (Å²) in [7, 11) is 0. The second kappa shape index (κ2) is 4.45. The maximum atomic E-state index is 10.6. The minimum absolute atomic E-state index is 0.0999. The summed E-state index contributed by atoms with van der Waals surface area (Å²) < 4.78 is 0. The summed E-state index contributed by atoms with van der Waals surface area (Å²) in [6, 6.07) is 6.62. The molecule has 1 aromatic carbocycles. The van der Waals surface area contributed by atoms with E-state index in [1.165, 1.54) is 0 Å². The number of carboxylic acids is 2. The van der Waals surface area contributed by atoms with Crippen LogP contribution in [0.15, 0.2) is 24.3 Å². The number of benzene rings is 1. The largest absolute Gasteiger partial charge is 0.481 e. The van der Waals surface area contributed by atoms with Crippen LogP contribution in [0.3, 0.4) is 0 Å². The van der Waals surface area contributed by atoms with E-state index in [2.05, 4.69) is 0 Å². The highest BCUT2D eigenvalue weighted by molar-refractivity contribution is 5.93. The third kappa shape index (κ3) is 2.70. The van der Waals surface area contributed by atoms with Crippen molar-refractivity contribution < 1.29 is 19.8 Å². The van der Waals surface area contributed by atoms with E-state index in [1.54, 1.807) is 24.3 Å². The fourth-order valence-corrected chi connectivity index (χ4v) is 1.22. The molecule has 0 aliphatic rings. The first kappa shape index (κ1) is 11.0. The normalized spacial score (nSPS) is 10.2. The van der Waals surface area contributed by atoms with Crippen LogP contribution in [0, 0.1) is 5.92 Å². The van der Waals surface area contributed by atoms with Gasteiger partial charge in [-0.1, -0.05) is 18.2 Å². The van der Waals surface area contributed by atoms with Crippen LogP contribution in [0.25, 0.3) is 0 Å². The number of hydrogen-bond acceptors (Lipinski definition) is 3. The summed E-state index contributed by atoms with van der Waals surface area (Å²) >= 11 is 0. The third-order valence-electron chi connectivity index (χ3n) is 2.08. The van der Waals surface area contributed by atoms with Crippen LogP contribution in [0.1, 0.15) is 5.56 Å². The summed E-state index contributed by atoms with van der Waals surface area (Å²) in [6.45, 7) is 0. The first-order valence-electron chi connectivity index (χ1n) is 4.31. The van der Waals surface area contributed by atoms with E-state index in [-0.39, 0.29) is 6.42 Å². The number of rotatable bonds is 4. The van der Waals surface area contributed by atoms with Crippen molar-refractivity contribution in [2.24, 2.45) is 5.92 Å². The molecule has 4 N–H and O–H groups in total. The van der Waals surface area contributed by atoms with Gasteiger partial charge in [0.15, 0.2) is 5.92 Å². The van der Waals surface area contributed by atoms with Crippen LogP contribution in [0.4, 0.5) is 5.69 Å². The molecule has 0 saturated heterocycles. The summed E-state index contributed by atoms with van der Waals surface area (Å²) in [5.74, 6) is -4.16. The van der Waals surface area contributed by atoms with Gasteiger partial charge in [-0.25, -0.2) is 0 Å². The molecule has 0 aliphatic carbocycles. The number of para-hydroxylation sites is 1. The van der Waals surface area contributed by atoms with Crippen molar-refractivity contribution in [2.45, 2.75) is 6.42 Å². The number of aliphatic carboxylic acids is 2. The van der Waals surface area contributed by atoms with Gasteiger partial charge in [-0.05, 0) is 18.1 Å². The van der Waals surface area contributed by atoms with Crippen molar-refractivity contribution in [3.63, 3.8) is 0 Å². The average molecular weight is 209 g/mol. The highest BCUT2D eigenvalue weighted by atomic mass is 16.4. The van der Waals surface area contributed by atoms with Gasteiger partial charge in [0.1, 0.15) is 0 Å². The lowest BCUT2D eigenvalue weighted by Gasteiger charge is -2.09. The molecule has 80 valence electrons. The monoisotopic (exact) mass is 209 g/mol. The van der Waals surface area contributed by atoms with Gasteiger partial charge in [0, 0.05) is 5.69 Å². The Morgan fingerprint density at radius 3 is 2.20 bits per heavy atom. The summed E-state index contributed by atoms with van der Waals surface area (Å²) in [5.41, 5.74) is 6.53. The van der Waals surface area contributed by atoms with Crippen molar-refractivity contribution in [1.82, 2.24) is 0 Å². The van der Waals surface area contributed by atoms with E-state index < -0.39 is 17.9 Å². The lowest BCUT2D eigenvalue weighted by Crippen LogP contribution is -2.25. The molecule has 15 heavy (non-hydrogen) atoms. The van der Waals surface area contributed by atoms with Crippen molar-refractivity contribution in [1.29, 1.82) is 0 Å². The minimum atomic E-state index is -1.45. The predicted molar refractivity (Wildman–Crippen MR) is 53.3 cm³/mol. The molecule has 5 heteroatoms. The molecule has 0 fully saturated rings. The van der Waals surface area contributed by atoms with Crippen molar-refractivity contribution in [3.8, 4) is 0 Å². The van der Waals surface area contributed by atoms with Crippen LogP contribution < -0.4 is 5.73 Å². The van der Waals surface area contributed by atoms with E-state index in [4.69, 9.17) is 15.9 Å². The number of nitrogen functional groups attached to an aromatic ring is 1. The van der Waals surface area contributed by atoms with Gasteiger partial charge in [0.05, 0.1) is 0 Å². The van der Waals surface area contributed by atoms with Gasteiger partial charge in [0.2, 0.25) is 0 Å². The average Bonchev–Trinajstić information content (AvgIpc) is 2.15. The number of nitrogens with two attached hydrogens (primary N) is 1. The Morgan fingerprint density at radius 2 is 1.73 bits per heavy atom. The molecule has 5 nitrogen and oxygen atoms in total. The molecule has 0 aromatic heterocycles. The SMILES string of the molecule is Nc1ccccc1CC(C(=O)O)C(=O)O. The molecule has 0 spiro atoms. The number of anilines is 1. The molecule has 0 unspecified atom stereocenters. The Morgan fingerprint density at radius 1 is 1.20 bits per heavy atom. The number of carbonyl (C=O) groups is 2. The molecule has 0 radical (unpaired) electrons. The minimum Gasteiger partial charge on any atom is -0.481 e.